The lowest BCUT2D eigenvalue weighted by Crippen LogP contribution is -2.40. The van der Waals surface area contributed by atoms with Gasteiger partial charge < -0.3 is 9.80 Å². The summed E-state index contributed by atoms with van der Waals surface area (Å²) < 4.78 is 0. The number of piperidine rings is 1. The molecule has 1 atom stereocenters. The summed E-state index contributed by atoms with van der Waals surface area (Å²) in [4.78, 5) is 16.1. The van der Waals surface area contributed by atoms with Crippen molar-refractivity contribution in [1.82, 2.24) is 9.80 Å². The molecule has 1 saturated heterocycles. The van der Waals surface area contributed by atoms with Gasteiger partial charge >= 0.3 is 0 Å². The second-order valence-corrected chi connectivity index (χ2v) is 5.95. The molecule has 1 rings (SSSR count). The molecule has 1 amide bonds. The minimum atomic E-state index is -0.0104. The average molecular weight is 291 g/mol. The third kappa shape index (κ3) is 4.06. The first-order valence-corrected chi connectivity index (χ1v) is 7.03. The van der Waals surface area contributed by atoms with E-state index in [2.05, 4.69) is 27.9 Å². The van der Waals surface area contributed by atoms with Crippen LogP contribution in [0.15, 0.2) is 0 Å². The topological polar surface area (TPSA) is 23.6 Å². The van der Waals surface area contributed by atoms with Gasteiger partial charge in [-0.05, 0) is 45.3 Å². The molecule has 1 unspecified atom stereocenters. The van der Waals surface area contributed by atoms with Gasteiger partial charge in [-0.1, -0.05) is 22.9 Å². The van der Waals surface area contributed by atoms with Gasteiger partial charge in [-0.2, -0.15) is 0 Å². The third-order valence-corrected chi connectivity index (χ3v) is 4.41. The maximum atomic E-state index is 11.9. The molecule has 1 fully saturated rings. The molecule has 1 aliphatic rings. The Hall–Kier alpha value is -0.0900. The van der Waals surface area contributed by atoms with Crippen LogP contribution in [0.3, 0.4) is 0 Å². The molecule has 1 heterocycles. The minimum absolute atomic E-state index is 0.0104. The number of rotatable bonds is 4. The van der Waals surface area contributed by atoms with Crippen LogP contribution < -0.4 is 0 Å². The highest BCUT2D eigenvalue weighted by Crippen LogP contribution is 2.18. The van der Waals surface area contributed by atoms with Gasteiger partial charge in [-0.25, -0.2) is 0 Å². The van der Waals surface area contributed by atoms with E-state index < -0.39 is 0 Å². The quantitative estimate of drug-likeness (QED) is 0.739. The van der Waals surface area contributed by atoms with Crippen LogP contribution in [-0.4, -0.2) is 54.3 Å². The van der Waals surface area contributed by atoms with Gasteiger partial charge in [0.15, 0.2) is 0 Å². The van der Waals surface area contributed by atoms with E-state index in [0.29, 0.717) is 5.92 Å². The second-order valence-electron chi connectivity index (χ2n) is 4.84. The van der Waals surface area contributed by atoms with E-state index in [9.17, 15) is 4.79 Å². The number of alkyl halides is 1. The normalized spacial score (nSPS) is 20.8. The molecule has 0 bridgehead atoms. The average Bonchev–Trinajstić information content (AvgIpc) is 2.30. The molecular weight excluding hydrogens is 268 g/mol. The van der Waals surface area contributed by atoms with E-state index in [4.69, 9.17) is 0 Å². The van der Waals surface area contributed by atoms with Crippen molar-refractivity contribution in [2.45, 2.75) is 31.0 Å². The lowest BCUT2D eigenvalue weighted by atomic mass is 9.96. The van der Waals surface area contributed by atoms with Crippen molar-refractivity contribution < 1.29 is 4.79 Å². The summed E-state index contributed by atoms with van der Waals surface area (Å²) in [6, 6.07) is 0. The summed E-state index contributed by atoms with van der Waals surface area (Å²) in [6.07, 6.45) is 3.29. The molecule has 0 aromatic carbocycles. The number of amides is 1. The Morgan fingerprint density at radius 2 is 2.06 bits per heavy atom. The lowest BCUT2D eigenvalue weighted by Gasteiger charge is -2.32. The molecule has 0 aromatic heterocycles. The fourth-order valence-corrected chi connectivity index (χ4v) is 2.49. The van der Waals surface area contributed by atoms with Gasteiger partial charge in [0.25, 0.3) is 0 Å². The van der Waals surface area contributed by atoms with Crippen molar-refractivity contribution >= 4 is 21.8 Å². The predicted octanol–water partition coefficient (Wildman–Crippen LogP) is 1.96. The van der Waals surface area contributed by atoms with Crippen LogP contribution in [0.5, 0.6) is 0 Å². The highest BCUT2D eigenvalue weighted by Gasteiger charge is 2.22. The van der Waals surface area contributed by atoms with Crippen molar-refractivity contribution in [3.8, 4) is 0 Å². The summed E-state index contributed by atoms with van der Waals surface area (Å²) in [7, 11) is 4.08. The molecule has 16 heavy (non-hydrogen) atoms. The van der Waals surface area contributed by atoms with Crippen molar-refractivity contribution in [3.05, 3.63) is 0 Å². The van der Waals surface area contributed by atoms with Crippen LogP contribution in [-0.2, 0) is 4.79 Å². The van der Waals surface area contributed by atoms with Gasteiger partial charge in [0.05, 0.1) is 4.83 Å². The number of nitrogens with zero attached hydrogens (tertiary/aromatic N) is 2. The molecule has 0 N–H and O–H groups in total. The third-order valence-electron chi connectivity index (χ3n) is 3.37. The number of halogens is 1. The predicted molar refractivity (Wildman–Crippen MR) is 70.9 cm³/mol. The highest BCUT2D eigenvalue weighted by atomic mass is 79.9. The zero-order valence-electron chi connectivity index (χ0n) is 10.6. The SMILES string of the molecule is CCC(Br)C(=O)N(C)CC1CCN(C)CC1. The van der Waals surface area contributed by atoms with E-state index in [1.165, 1.54) is 12.8 Å². The summed E-state index contributed by atoms with van der Waals surface area (Å²) in [5, 5.41) is 0. The monoisotopic (exact) mass is 290 g/mol. The molecule has 0 saturated carbocycles. The maximum Gasteiger partial charge on any atom is 0.236 e. The Morgan fingerprint density at radius 1 is 1.50 bits per heavy atom. The molecule has 94 valence electrons. The van der Waals surface area contributed by atoms with Crippen LogP contribution in [0.25, 0.3) is 0 Å². The molecule has 1 aliphatic heterocycles. The van der Waals surface area contributed by atoms with Crippen molar-refractivity contribution in [3.63, 3.8) is 0 Å². The van der Waals surface area contributed by atoms with Gasteiger partial charge in [-0.15, -0.1) is 0 Å². The van der Waals surface area contributed by atoms with Gasteiger partial charge in [-0.3, -0.25) is 4.79 Å². The van der Waals surface area contributed by atoms with Crippen molar-refractivity contribution in [2.24, 2.45) is 5.92 Å². The highest BCUT2D eigenvalue weighted by molar-refractivity contribution is 9.10. The summed E-state index contributed by atoms with van der Waals surface area (Å²) in [5.41, 5.74) is 0. The summed E-state index contributed by atoms with van der Waals surface area (Å²) >= 11 is 3.42. The Kier molecular flexibility index (Phi) is 5.76. The molecule has 4 heteroatoms. The van der Waals surface area contributed by atoms with Gasteiger partial charge in [0, 0.05) is 13.6 Å². The molecule has 0 radical (unpaired) electrons. The molecule has 0 aliphatic carbocycles. The number of carbonyl (C=O) groups is 1. The molecule has 3 nitrogen and oxygen atoms in total. The van der Waals surface area contributed by atoms with E-state index in [-0.39, 0.29) is 10.7 Å². The van der Waals surface area contributed by atoms with E-state index in [1.807, 2.05) is 18.9 Å². The molecule has 0 aromatic rings. The Balaban J connectivity index is 2.33. The van der Waals surface area contributed by atoms with E-state index >= 15 is 0 Å². The first-order valence-electron chi connectivity index (χ1n) is 6.12. The Labute approximate surface area is 107 Å². The zero-order chi connectivity index (χ0) is 12.1. The zero-order valence-corrected chi connectivity index (χ0v) is 12.2. The van der Waals surface area contributed by atoms with Crippen LogP contribution in [0.2, 0.25) is 0 Å². The van der Waals surface area contributed by atoms with Crippen LogP contribution in [0.1, 0.15) is 26.2 Å². The van der Waals surface area contributed by atoms with Crippen molar-refractivity contribution in [1.29, 1.82) is 0 Å². The Bertz CT molecular complexity index is 227. The van der Waals surface area contributed by atoms with Crippen LogP contribution >= 0.6 is 15.9 Å². The van der Waals surface area contributed by atoms with Crippen LogP contribution in [0.4, 0.5) is 0 Å². The standard InChI is InChI=1S/C12H23BrN2O/c1-4-11(13)12(16)15(3)9-10-5-7-14(2)8-6-10/h10-11H,4-9H2,1-3H3. The number of hydrogen-bond donors (Lipinski definition) is 0. The van der Waals surface area contributed by atoms with E-state index in [0.717, 1.165) is 26.1 Å². The van der Waals surface area contributed by atoms with Crippen LogP contribution in [0, 0.1) is 5.92 Å². The first-order chi connectivity index (χ1) is 7.54. The minimum Gasteiger partial charge on any atom is -0.345 e. The number of hydrogen-bond acceptors (Lipinski definition) is 2. The molecular formula is C12H23BrN2O. The van der Waals surface area contributed by atoms with E-state index in [1.54, 1.807) is 0 Å². The van der Waals surface area contributed by atoms with Crippen molar-refractivity contribution in [2.75, 3.05) is 33.7 Å². The van der Waals surface area contributed by atoms with Gasteiger partial charge in [0.2, 0.25) is 5.91 Å². The van der Waals surface area contributed by atoms with Gasteiger partial charge in [0.1, 0.15) is 0 Å². The number of likely N-dealkylation sites (tertiary alicyclic amines) is 1. The smallest absolute Gasteiger partial charge is 0.236 e. The fourth-order valence-electron chi connectivity index (χ4n) is 2.14. The summed E-state index contributed by atoms with van der Waals surface area (Å²) in [6.45, 7) is 5.27. The lowest BCUT2D eigenvalue weighted by molar-refractivity contribution is -0.130. The number of carbonyl (C=O) groups excluding carboxylic acids is 1. The largest absolute Gasteiger partial charge is 0.345 e. The molecule has 0 spiro atoms. The fraction of sp³-hybridized carbons (Fsp3) is 0.917. The second kappa shape index (κ2) is 6.60. The maximum absolute atomic E-state index is 11.9. The summed E-state index contributed by atoms with van der Waals surface area (Å²) in [5.74, 6) is 0.906. The Morgan fingerprint density at radius 3 is 2.56 bits per heavy atom. The first kappa shape index (κ1) is 14.0.